The molecule has 0 fully saturated rings. The van der Waals surface area contributed by atoms with E-state index in [0.29, 0.717) is 38.8 Å². The van der Waals surface area contributed by atoms with Crippen LogP contribution in [0.15, 0.2) is 82.6 Å². The molecule has 2 N–H and O–H groups in total. The molecule has 2 heterocycles. The van der Waals surface area contributed by atoms with Crippen LogP contribution in [0.3, 0.4) is 0 Å². The Morgan fingerprint density at radius 1 is 0.808 bits per heavy atom. The topological polar surface area (TPSA) is 115 Å². The van der Waals surface area contributed by atoms with Crippen molar-refractivity contribution in [3.63, 3.8) is 0 Å². The Bertz CT molecular complexity index is 2080. The van der Waals surface area contributed by atoms with Crippen molar-refractivity contribution in [2.45, 2.75) is 97.3 Å². The molecule has 0 aromatic heterocycles. The van der Waals surface area contributed by atoms with Gasteiger partial charge in [-0.25, -0.2) is 0 Å². The fourth-order valence-electron chi connectivity index (χ4n) is 7.74. The summed E-state index contributed by atoms with van der Waals surface area (Å²) in [6.07, 6.45) is 13.3. The van der Waals surface area contributed by atoms with Crippen LogP contribution in [-0.4, -0.2) is 60.8 Å². The lowest BCUT2D eigenvalue weighted by Crippen LogP contribution is -3.00. The van der Waals surface area contributed by atoms with Gasteiger partial charge in [0.15, 0.2) is 5.71 Å². The summed E-state index contributed by atoms with van der Waals surface area (Å²) in [6.45, 7) is 14.3. The molecule has 0 amide bonds. The Morgan fingerprint density at radius 3 is 2.08 bits per heavy atom. The van der Waals surface area contributed by atoms with Crippen molar-refractivity contribution in [3.05, 3.63) is 105 Å². The van der Waals surface area contributed by atoms with E-state index in [-0.39, 0.29) is 39.3 Å². The van der Waals surface area contributed by atoms with Crippen LogP contribution in [0.25, 0.3) is 0 Å². The molecule has 12 heteroatoms. The van der Waals surface area contributed by atoms with Crippen LogP contribution < -0.4 is 21.9 Å². The largest absolute Gasteiger partial charge is 1.00 e. The molecule has 5 rings (SSSR count). The lowest BCUT2D eigenvalue weighted by molar-refractivity contribution is -0.438. The van der Waals surface area contributed by atoms with Gasteiger partial charge in [0.25, 0.3) is 20.2 Å². The number of hydrogen-bond acceptors (Lipinski definition) is 5. The number of benzene rings is 2. The molecule has 2 aromatic rings. The van der Waals surface area contributed by atoms with Crippen molar-refractivity contribution >= 4 is 48.9 Å². The van der Waals surface area contributed by atoms with Crippen LogP contribution >= 0.6 is 11.6 Å². The Hall–Kier alpha value is -2.54. The number of nitrogens with zero attached hydrogens (tertiary/aromatic N) is 2. The fraction of sp³-hybridized carbons (Fsp3) is 0.475. The number of fused-ring (bicyclic) bond motifs is 2. The zero-order valence-corrected chi connectivity index (χ0v) is 35.0. The second kappa shape index (κ2) is 16.4. The average molecular weight is 836 g/mol. The summed E-state index contributed by atoms with van der Waals surface area (Å²) < 4.78 is 66.2. The van der Waals surface area contributed by atoms with Crippen LogP contribution in [0, 0.1) is 13.8 Å². The molecule has 2 aromatic carbocycles. The molecule has 52 heavy (non-hydrogen) atoms. The van der Waals surface area contributed by atoms with Gasteiger partial charge in [-0.05, 0) is 101 Å². The highest BCUT2D eigenvalue weighted by molar-refractivity contribution is 7.86. The van der Waals surface area contributed by atoms with Gasteiger partial charge in [0.2, 0.25) is 5.69 Å². The lowest BCUT2D eigenvalue weighted by atomic mass is 9.80. The van der Waals surface area contributed by atoms with E-state index < -0.39 is 20.2 Å². The van der Waals surface area contributed by atoms with Gasteiger partial charge in [0, 0.05) is 52.5 Å². The van der Waals surface area contributed by atoms with Gasteiger partial charge in [-0.15, -0.1) is 0 Å². The maximum absolute atomic E-state index is 11.4. The highest BCUT2D eigenvalue weighted by Crippen LogP contribution is 2.48. The molecular formula is C40H52BrClN2O6S2. The molecule has 2 aliphatic heterocycles. The highest BCUT2D eigenvalue weighted by Gasteiger charge is 2.44. The first-order chi connectivity index (χ1) is 23.8. The molecular weight excluding hydrogens is 784 g/mol. The first-order valence-corrected chi connectivity index (χ1v) is 21.4. The lowest BCUT2D eigenvalue weighted by Gasteiger charge is -2.27. The number of rotatable bonds is 13. The molecule has 8 nitrogen and oxygen atoms in total. The monoisotopic (exact) mass is 834 g/mol. The summed E-state index contributed by atoms with van der Waals surface area (Å²) in [5, 5.41) is 0.752. The SMILES string of the molecule is Cc1ccc2c(c1)C(C)(C)C(/C=C/C1=C(Cl)C(=C/C=C3/N(CCCCS(=O)(=O)O)c4ccc(C)cc4C3(C)C)/CCC1)=[N+]2CCCCS(=O)(=O)O.[Br-]. The van der Waals surface area contributed by atoms with Crippen LogP contribution in [0.2, 0.25) is 0 Å². The number of aryl methyl sites for hydroxylation is 2. The first-order valence-electron chi connectivity index (χ1n) is 17.8. The van der Waals surface area contributed by atoms with Crippen LogP contribution in [0.1, 0.15) is 94.9 Å². The third-order valence-electron chi connectivity index (χ3n) is 10.5. The summed E-state index contributed by atoms with van der Waals surface area (Å²) in [5.74, 6) is -0.503. The van der Waals surface area contributed by atoms with E-state index in [4.69, 9.17) is 11.6 Å². The van der Waals surface area contributed by atoms with Gasteiger partial charge in [-0.2, -0.15) is 21.4 Å². The number of unbranched alkanes of at least 4 members (excludes halogenated alkanes) is 2. The first kappa shape index (κ1) is 42.2. The van der Waals surface area contributed by atoms with Gasteiger partial charge in [0.05, 0.1) is 16.9 Å². The van der Waals surface area contributed by atoms with Gasteiger partial charge in [-0.3, -0.25) is 9.11 Å². The molecule has 0 unspecified atom stereocenters. The zero-order chi connectivity index (χ0) is 37.4. The maximum Gasteiger partial charge on any atom is 0.264 e. The molecule has 284 valence electrons. The summed E-state index contributed by atoms with van der Waals surface area (Å²) in [7, 11) is -8.01. The molecule has 3 aliphatic rings. The third kappa shape index (κ3) is 9.57. The molecule has 0 atom stereocenters. The Kier molecular flexibility index (Phi) is 13.4. The van der Waals surface area contributed by atoms with E-state index in [2.05, 4.69) is 112 Å². The van der Waals surface area contributed by atoms with Gasteiger partial charge >= 0.3 is 0 Å². The quantitative estimate of drug-likeness (QED) is 0.148. The molecule has 1 aliphatic carbocycles. The van der Waals surface area contributed by atoms with Crippen LogP contribution in [-0.2, 0) is 31.1 Å². The third-order valence-corrected chi connectivity index (χ3v) is 12.6. The summed E-state index contributed by atoms with van der Waals surface area (Å²) >= 11 is 7.18. The molecule has 0 saturated carbocycles. The second-order valence-corrected chi connectivity index (χ2v) is 18.8. The minimum atomic E-state index is -4.00. The predicted molar refractivity (Wildman–Crippen MR) is 209 cm³/mol. The Morgan fingerprint density at radius 2 is 1.42 bits per heavy atom. The Balaban J connectivity index is 0.00000605. The van der Waals surface area contributed by atoms with Crippen LogP contribution in [0.4, 0.5) is 11.4 Å². The van der Waals surface area contributed by atoms with Crippen molar-refractivity contribution in [2.75, 3.05) is 29.5 Å². The second-order valence-electron chi connectivity index (χ2n) is 15.2. The van der Waals surface area contributed by atoms with E-state index in [0.717, 1.165) is 58.2 Å². The van der Waals surface area contributed by atoms with E-state index >= 15 is 0 Å². The van der Waals surface area contributed by atoms with Gasteiger partial charge in [0.1, 0.15) is 6.54 Å². The minimum absolute atomic E-state index is 0. The van der Waals surface area contributed by atoms with Crippen LogP contribution in [0.5, 0.6) is 0 Å². The minimum Gasteiger partial charge on any atom is -1.00 e. The molecule has 0 radical (unpaired) electrons. The van der Waals surface area contributed by atoms with Gasteiger partial charge < -0.3 is 21.9 Å². The zero-order valence-electron chi connectivity index (χ0n) is 31.0. The average Bonchev–Trinajstić information content (AvgIpc) is 3.36. The van der Waals surface area contributed by atoms with Gasteiger partial charge in [-0.1, -0.05) is 66.9 Å². The number of halogens is 2. The van der Waals surface area contributed by atoms with Crippen molar-refractivity contribution in [1.82, 2.24) is 0 Å². The number of anilines is 1. The molecule has 0 bridgehead atoms. The Labute approximate surface area is 326 Å². The summed E-state index contributed by atoms with van der Waals surface area (Å²) in [5.41, 5.74) is 10.9. The summed E-state index contributed by atoms with van der Waals surface area (Å²) in [4.78, 5) is 2.28. The van der Waals surface area contributed by atoms with Crippen molar-refractivity contribution in [2.24, 2.45) is 0 Å². The molecule has 0 saturated heterocycles. The molecule has 0 spiro atoms. The van der Waals surface area contributed by atoms with E-state index in [9.17, 15) is 25.9 Å². The van der Waals surface area contributed by atoms with Crippen molar-refractivity contribution < 1.29 is 47.5 Å². The standard InChI is InChI=1S/C40H51ClN2O6S2.BrH/c1-28-14-18-34-32(26-28)39(3,4)36(42(34)22-7-9-24-50(44,45)46)20-16-30-12-11-13-31(38(30)41)17-21-37-40(5,6)33-27-29(2)15-19-35(33)43(37)23-8-10-25-51(47,48)49;/h14-21,26-27H,7-13,22-25H2,1-6H3,(H-,44,45,46,47,48,49);1H. The maximum atomic E-state index is 11.4. The highest BCUT2D eigenvalue weighted by atomic mass is 79.9. The predicted octanol–water partition coefficient (Wildman–Crippen LogP) is 5.86. The number of hydrogen-bond donors (Lipinski definition) is 2. The van der Waals surface area contributed by atoms with E-state index in [1.807, 2.05) is 0 Å². The van der Waals surface area contributed by atoms with E-state index in [1.54, 1.807) is 0 Å². The number of allylic oxidation sites excluding steroid dienone is 8. The summed E-state index contributed by atoms with van der Waals surface area (Å²) in [6, 6.07) is 12.9. The van der Waals surface area contributed by atoms with Crippen molar-refractivity contribution in [3.8, 4) is 0 Å². The van der Waals surface area contributed by atoms with Crippen molar-refractivity contribution in [1.29, 1.82) is 0 Å². The van der Waals surface area contributed by atoms with E-state index in [1.165, 1.54) is 22.3 Å². The smallest absolute Gasteiger partial charge is 0.264 e. The fourth-order valence-corrected chi connectivity index (χ4v) is 9.19. The normalized spacial score (nSPS) is 19.9.